The third-order valence-corrected chi connectivity index (χ3v) is 2.67. The maximum Gasteiger partial charge on any atom is 0.201 e. The van der Waals surface area contributed by atoms with Crippen molar-refractivity contribution < 1.29 is 9.21 Å². The first-order valence-electron chi connectivity index (χ1n) is 5.19. The number of carbonyl (C=O) groups is 1. The van der Waals surface area contributed by atoms with E-state index in [4.69, 9.17) is 4.42 Å². The molecule has 2 nitrogen and oxygen atoms in total. The Hall–Kier alpha value is -1.05. The van der Waals surface area contributed by atoms with E-state index in [1.807, 2.05) is 33.8 Å². The molecule has 1 heterocycles. The van der Waals surface area contributed by atoms with E-state index in [0.717, 1.165) is 12.2 Å². The van der Waals surface area contributed by atoms with Gasteiger partial charge in [-0.3, -0.25) is 4.79 Å². The SMILES string of the molecule is CCc1ccc(C(=O)C(C)C(C)C)o1. The maximum atomic E-state index is 11.8. The molecule has 1 aromatic rings. The molecule has 1 rings (SSSR count). The summed E-state index contributed by atoms with van der Waals surface area (Å²) in [4.78, 5) is 11.8. The van der Waals surface area contributed by atoms with Crippen molar-refractivity contribution in [2.75, 3.05) is 0 Å². The summed E-state index contributed by atoms with van der Waals surface area (Å²) in [6.07, 6.45) is 0.837. The fraction of sp³-hybridized carbons (Fsp3) is 0.583. The minimum absolute atomic E-state index is 0.0332. The number of aryl methyl sites for hydroxylation is 1. The van der Waals surface area contributed by atoms with E-state index in [2.05, 4.69) is 0 Å². The molecule has 0 amide bonds. The third-order valence-electron chi connectivity index (χ3n) is 2.67. The summed E-state index contributed by atoms with van der Waals surface area (Å²) in [5, 5.41) is 0. The van der Waals surface area contributed by atoms with Crippen LogP contribution in [-0.2, 0) is 6.42 Å². The zero-order chi connectivity index (χ0) is 10.7. The molecule has 0 saturated carbocycles. The number of rotatable bonds is 4. The molecule has 0 N–H and O–H groups in total. The van der Waals surface area contributed by atoms with Gasteiger partial charge in [0.25, 0.3) is 0 Å². The molecule has 0 radical (unpaired) electrons. The fourth-order valence-electron chi connectivity index (χ4n) is 1.23. The summed E-state index contributed by atoms with van der Waals surface area (Å²) >= 11 is 0. The van der Waals surface area contributed by atoms with Crippen LogP contribution < -0.4 is 0 Å². The normalized spacial score (nSPS) is 13.2. The summed E-state index contributed by atoms with van der Waals surface area (Å²) in [6.45, 7) is 8.05. The van der Waals surface area contributed by atoms with E-state index in [0.29, 0.717) is 11.7 Å². The molecule has 0 spiro atoms. The Balaban J connectivity index is 2.79. The average molecular weight is 194 g/mol. The molecule has 2 heteroatoms. The van der Waals surface area contributed by atoms with Crippen molar-refractivity contribution in [1.29, 1.82) is 0 Å². The molecule has 0 aliphatic rings. The topological polar surface area (TPSA) is 30.2 Å². The summed E-state index contributed by atoms with van der Waals surface area (Å²) in [5.74, 6) is 1.88. The molecule has 0 saturated heterocycles. The van der Waals surface area contributed by atoms with Crippen molar-refractivity contribution in [3.05, 3.63) is 23.7 Å². The van der Waals surface area contributed by atoms with E-state index in [1.54, 1.807) is 6.07 Å². The molecule has 0 aromatic carbocycles. The van der Waals surface area contributed by atoms with Crippen molar-refractivity contribution in [3.63, 3.8) is 0 Å². The number of ketones is 1. The minimum Gasteiger partial charge on any atom is -0.458 e. The third kappa shape index (κ3) is 2.25. The number of carbonyl (C=O) groups excluding carboxylic acids is 1. The number of hydrogen-bond donors (Lipinski definition) is 0. The molecule has 0 aliphatic heterocycles. The van der Waals surface area contributed by atoms with Gasteiger partial charge >= 0.3 is 0 Å². The van der Waals surface area contributed by atoms with Crippen LogP contribution >= 0.6 is 0 Å². The summed E-state index contributed by atoms with van der Waals surface area (Å²) < 4.78 is 5.42. The second-order valence-electron chi connectivity index (χ2n) is 4.02. The van der Waals surface area contributed by atoms with E-state index in [1.165, 1.54) is 0 Å². The molecule has 0 fully saturated rings. The molecule has 14 heavy (non-hydrogen) atoms. The average Bonchev–Trinajstić information content (AvgIpc) is 2.63. The molecule has 1 atom stereocenters. The molecule has 0 bridgehead atoms. The van der Waals surface area contributed by atoms with Crippen molar-refractivity contribution in [2.24, 2.45) is 11.8 Å². The Morgan fingerprint density at radius 2 is 2.00 bits per heavy atom. The highest BCUT2D eigenvalue weighted by atomic mass is 16.3. The van der Waals surface area contributed by atoms with Gasteiger partial charge in [-0.15, -0.1) is 0 Å². The Bertz CT molecular complexity index is 310. The van der Waals surface area contributed by atoms with Gasteiger partial charge in [0.15, 0.2) is 5.76 Å². The van der Waals surface area contributed by atoms with Gasteiger partial charge in [0.2, 0.25) is 5.78 Å². The quantitative estimate of drug-likeness (QED) is 0.688. The van der Waals surface area contributed by atoms with Crippen molar-refractivity contribution in [2.45, 2.75) is 34.1 Å². The summed E-state index contributed by atoms with van der Waals surface area (Å²) in [6, 6.07) is 3.65. The Kier molecular flexibility index (Phi) is 3.50. The zero-order valence-electron chi connectivity index (χ0n) is 9.33. The van der Waals surface area contributed by atoms with Crippen LogP contribution in [0.5, 0.6) is 0 Å². The first kappa shape index (κ1) is 11.0. The van der Waals surface area contributed by atoms with Crippen LogP contribution in [0.1, 0.15) is 44.0 Å². The highest BCUT2D eigenvalue weighted by Gasteiger charge is 2.21. The van der Waals surface area contributed by atoms with Gasteiger partial charge in [0.1, 0.15) is 5.76 Å². The lowest BCUT2D eigenvalue weighted by Crippen LogP contribution is -2.16. The molecule has 1 unspecified atom stereocenters. The number of furan rings is 1. The van der Waals surface area contributed by atoms with E-state index in [9.17, 15) is 4.79 Å². The summed E-state index contributed by atoms with van der Waals surface area (Å²) in [5.41, 5.74) is 0. The Labute approximate surface area is 85.3 Å². The van der Waals surface area contributed by atoms with Crippen LogP contribution in [0.25, 0.3) is 0 Å². The van der Waals surface area contributed by atoms with Crippen molar-refractivity contribution in [3.8, 4) is 0 Å². The molecule has 0 aliphatic carbocycles. The number of Topliss-reactive ketones (excluding diaryl/α,β-unsaturated/α-hetero) is 1. The smallest absolute Gasteiger partial charge is 0.201 e. The first-order valence-corrected chi connectivity index (χ1v) is 5.19. The van der Waals surface area contributed by atoms with Gasteiger partial charge in [-0.05, 0) is 18.1 Å². The monoisotopic (exact) mass is 194 g/mol. The van der Waals surface area contributed by atoms with Crippen LogP contribution in [0.4, 0.5) is 0 Å². The molecular formula is C12H18O2. The Morgan fingerprint density at radius 3 is 2.43 bits per heavy atom. The van der Waals surface area contributed by atoms with Crippen LogP contribution in [-0.4, -0.2) is 5.78 Å². The standard InChI is InChI=1S/C12H18O2/c1-5-10-6-7-11(14-10)12(13)9(4)8(2)3/h6-9H,5H2,1-4H3. The molecule has 1 aromatic heterocycles. The van der Waals surface area contributed by atoms with Crippen molar-refractivity contribution in [1.82, 2.24) is 0 Å². The lowest BCUT2D eigenvalue weighted by molar-refractivity contribution is 0.0869. The van der Waals surface area contributed by atoms with Gasteiger partial charge in [-0.2, -0.15) is 0 Å². The van der Waals surface area contributed by atoms with Gasteiger partial charge in [-0.25, -0.2) is 0 Å². The largest absolute Gasteiger partial charge is 0.458 e. The number of hydrogen-bond acceptors (Lipinski definition) is 2. The lowest BCUT2D eigenvalue weighted by Gasteiger charge is -2.11. The second kappa shape index (κ2) is 4.45. The highest BCUT2D eigenvalue weighted by Crippen LogP contribution is 2.18. The maximum absolute atomic E-state index is 11.8. The Morgan fingerprint density at radius 1 is 1.36 bits per heavy atom. The lowest BCUT2D eigenvalue weighted by atomic mass is 9.92. The predicted molar refractivity (Wildman–Crippen MR) is 56.4 cm³/mol. The van der Waals surface area contributed by atoms with Gasteiger partial charge in [0, 0.05) is 12.3 Å². The van der Waals surface area contributed by atoms with Crippen LogP contribution in [0.15, 0.2) is 16.5 Å². The van der Waals surface area contributed by atoms with Gasteiger partial charge in [-0.1, -0.05) is 27.7 Å². The predicted octanol–water partition coefficient (Wildman–Crippen LogP) is 3.32. The van der Waals surface area contributed by atoms with Crippen LogP contribution in [0.3, 0.4) is 0 Å². The highest BCUT2D eigenvalue weighted by molar-refractivity contribution is 5.95. The van der Waals surface area contributed by atoms with Gasteiger partial charge in [0.05, 0.1) is 0 Å². The summed E-state index contributed by atoms with van der Waals surface area (Å²) in [7, 11) is 0. The van der Waals surface area contributed by atoms with E-state index < -0.39 is 0 Å². The molecular weight excluding hydrogens is 176 g/mol. The van der Waals surface area contributed by atoms with Gasteiger partial charge < -0.3 is 4.42 Å². The van der Waals surface area contributed by atoms with Crippen LogP contribution in [0.2, 0.25) is 0 Å². The van der Waals surface area contributed by atoms with Crippen molar-refractivity contribution >= 4 is 5.78 Å². The second-order valence-corrected chi connectivity index (χ2v) is 4.02. The first-order chi connectivity index (χ1) is 6.56. The minimum atomic E-state index is 0.0332. The van der Waals surface area contributed by atoms with E-state index in [-0.39, 0.29) is 11.7 Å². The van der Waals surface area contributed by atoms with E-state index >= 15 is 0 Å². The molecule has 78 valence electrons. The zero-order valence-corrected chi connectivity index (χ0v) is 9.33. The fourth-order valence-corrected chi connectivity index (χ4v) is 1.23. The van der Waals surface area contributed by atoms with Crippen LogP contribution in [0, 0.1) is 11.8 Å².